The van der Waals surface area contributed by atoms with Crippen LogP contribution >= 0.6 is 0 Å². The molecule has 1 unspecified atom stereocenters. The van der Waals surface area contributed by atoms with Gasteiger partial charge in [0.2, 0.25) is 0 Å². The van der Waals surface area contributed by atoms with Crippen molar-refractivity contribution >= 4 is 16.8 Å². The third kappa shape index (κ3) is 2.92. The molecule has 0 radical (unpaired) electrons. The summed E-state index contributed by atoms with van der Waals surface area (Å²) in [5.74, 6) is 0.505. The molecular weight excluding hydrogens is 389 g/mol. The number of halogens is 1. The maximum atomic E-state index is 15.2. The lowest BCUT2D eigenvalue weighted by Crippen LogP contribution is -2.62. The van der Waals surface area contributed by atoms with E-state index in [4.69, 9.17) is 4.42 Å². The molecule has 2 aliphatic rings. The van der Waals surface area contributed by atoms with Crippen LogP contribution in [0.15, 0.2) is 39.9 Å². The minimum absolute atomic E-state index is 0.143. The molecule has 30 heavy (non-hydrogen) atoms. The second-order valence-electron chi connectivity index (χ2n) is 8.40. The highest BCUT2D eigenvalue weighted by atomic mass is 19.1. The van der Waals surface area contributed by atoms with Gasteiger partial charge in [-0.3, -0.25) is 4.79 Å². The number of hydrogen-bond donors (Lipinski definition) is 2. The number of aromatic nitrogens is 3. The first-order valence-corrected chi connectivity index (χ1v) is 9.95. The number of fused-ring (bicyclic) bond motifs is 3. The Labute approximate surface area is 171 Å². The first kappa shape index (κ1) is 18.9. The van der Waals surface area contributed by atoms with E-state index in [0.717, 1.165) is 12.8 Å². The van der Waals surface area contributed by atoms with E-state index in [0.29, 0.717) is 29.4 Å². The molecule has 2 saturated heterocycles. The van der Waals surface area contributed by atoms with Crippen molar-refractivity contribution in [2.45, 2.75) is 50.0 Å². The Hall–Kier alpha value is -3.07. The summed E-state index contributed by atoms with van der Waals surface area (Å²) >= 11 is 0. The fraction of sp³-hybridized carbons (Fsp3) is 0.429. The summed E-state index contributed by atoms with van der Waals surface area (Å²) < 4.78 is 20.6. The first-order chi connectivity index (χ1) is 14.4. The molecule has 1 aromatic carbocycles. The van der Waals surface area contributed by atoms with E-state index in [1.807, 2.05) is 6.92 Å². The molecule has 2 aliphatic heterocycles. The van der Waals surface area contributed by atoms with Gasteiger partial charge in [-0.2, -0.15) is 0 Å². The largest absolute Gasteiger partial charge is 0.507 e. The Bertz CT molecular complexity index is 1170. The summed E-state index contributed by atoms with van der Waals surface area (Å²) in [7, 11) is 1.80. The lowest BCUT2D eigenvalue weighted by molar-refractivity contribution is 0.111. The third-order valence-corrected chi connectivity index (χ3v) is 6.45. The number of phenols is 1. The van der Waals surface area contributed by atoms with E-state index in [1.165, 1.54) is 30.7 Å². The molecule has 8 nitrogen and oxygen atoms in total. The van der Waals surface area contributed by atoms with Gasteiger partial charge >= 0.3 is 0 Å². The predicted molar refractivity (Wildman–Crippen MR) is 109 cm³/mol. The molecule has 5 rings (SSSR count). The monoisotopic (exact) mass is 411 g/mol. The number of piperidine rings is 1. The van der Waals surface area contributed by atoms with Crippen molar-refractivity contribution in [1.82, 2.24) is 20.5 Å². The molecule has 4 atom stereocenters. The molecule has 156 valence electrons. The minimum Gasteiger partial charge on any atom is -0.507 e. The average molecular weight is 411 g/mol. The Kier molecular flexibility index (Phi) is 4.25. The number of hydrogen-bond acceptors (Lipinski definition) is 8. The van der Waals surface area contributed by atoms with E-state index in [2.05, 4.69) is 20.5 Å². The molecule has 0 aliphatic carbocycles. The number of alkyl halides is 1. The highest BCUT2D eigenvalue weighted by molar-refractivity contribution is 5.84. The first-order valence-electron chi connectivity index (χ1n) is 9.95. The van der Waals surface area contributed by atoms with Crippen LogP contribution in [-0.2, 0) is 0 Å². The number of rotatable bonds is 3. The lowest BCUT2D eigenvalue weighted by atomic mass is 9.86. The zero-order valence-corrected chi connectivity index (χ0v) is 16.7. The fourth-order valence-electron chi connectivity index (χ4n) is 4.69. The molecule has 3 aromatic rings. The number of aromatic hydroxyl groups is 1. The van der Waals surface area contributed by atoms with E-state index in [-0.39, 0.29) is 28.4 Å². The molecule has 0 saturated carbocycles. The van der Waals surface area contributed by atoms with Crippen molar-refractivity contribution in [3.63, 3.8) is 0 Å². The average Bonchev–Trinajstić information content (AvgIpc) is 3.08. The topological polar surface area (TPSA) is 104 Å². The van der Waals surface area contributed by atoms with Gasteiger partial charge in [0.15, 0.2) is 17.1 Å². The van der Waals surface area contributed by atoms with Gasteiger partial charge < -0.3 is 19.7 Å². The zero-order valence-electron chi connectivity index (χ0n) is 16.7. The van der Waals surface area contributed by atoms with Crippen LogP contribution in [-0.4, -0.2) is 51.1 Å². The second-order valence-corrected chi connectivity index (χ2v) is 8.40. The van der Waals surface area contributed by atoms with Crippen LogP contribution in [0.1, 0.15) is 26.2 Å². The number of phenolic OH excluding ortho intramolecular Hbond substituents is 1. The molecule has 2 bridgehead atoms. The number of benzene rings is 1. The van der Waals surface area contributed by atoms with Gasteiger partial charge in [0.25, 0.3) is 0 Å². The maximum absolute atomic E-state index is 15.2. The Morgan fingerprint density at radius 1 is 1.37 bits per heavy atom. The normalized spacial score (nSPS) is 28.0. The van der Waals surface area contributed by atoms with Crippen LogP contribution in [0.3, 0.4) is 0 Å². The quantitative estimate of drug-likeness (QED) is 0.677. The summed E-state index contributed by atoms with van der Waals surface area (Å²) in [4.78, 5) is 18.0. The summed E-state index contributed by atoms with van der Waals surface area (Å²) in [5.41, 5.74) is -0.142. The van der Waals surface area contributed by atoms with E-state index in [1.54, 1.807) is 11.9 Å². The minimum atomic E-state index is -1.03. The van der Waals surface area contributed by atoms with Crippen molar-refractivity contribution in [3.8, 4) is 17.1 Å². The van der Waals surface area contributed by atoms with Crippen LogP contribution in [0, 0.1) is 0 Å². The van der Waals surface area contributed by atoms with E-state index >= 15 is 4.39 Å². The highest BCUT2D eigenvalue weighted by Gasteiger charge is 2.51. The third-order valence-electron chi connectivity index (χ3n) is 6.45. The maximum Gasteiger partial charge on any atom is 0.192 e. The van der Waals surface area contributed by atoms with Crippen LogP contribution in [0.2, 0.25) is 0 Å². The molecule has 0 amide bonds. The smallest absolute Gasteiger partial charge is 0.192 e. The van der Waals surface area contributed by atoms with Crippen molar-refractivity contribution in [2.24, 2.45) is 0 Å². The summed E-state index contributed by atoms with van der Waals surface area (Å²) in [6.07, 6.45) is 4.27. The Morgan fingerprint density at radius 2 is 2.20 bits per heavy atom. The number of nitrogens with zero attached hydrogens (tertiary/aromatic N) is 4. The molecule has 0 spiro atoms. The van der Waals surface area contributed by atoms with Gasteiger partial charge in [-0.05, 0) is 38.3 Å². The van der Waals surface area contributed by atoms with Crippen molar-refractivity contribution in [2.75, 3.05) is 11.9 Å². The standard InChI is InChI=1S/C21H22FN5O3/c1-21-5-3-11(24-21)7-14(19(21)22)27(2)18-10-23-20(26-25-18)13-9-17-12(8-16(13)29)15(28)4-6-30-17/h4,6,8-11,14,19,24,29H,3,5,7H2,1-2H3/t11?,14-,19-,21+/m0/s1. The Balaban J connectivity index is 1.44. The van der Waals surface area contributed by atoms with Gasteiger partial charge in [-0.25, -0.2) is 9.37 Å². The molecule has 2 N–H and O–H groups in total. The van der Waals surface area contributed by atoms with Crippen LogP contribution in [0.4, 0.5) is 10.2 Å². The van der Waals surface area contributed by atoms with Gasteiger partial charge in [0.05, 0.1) is 29.5 Å². The number of anilines is 1. The van der Waals surface area contributed by atoms with E-state index in [9.17, 15) is 9.90 Å². The molecule has 4 heterocycles. The lowest BCUT2D eigenvalue weighted by Gasteiger charge is -2.43. The van der Waals surface area contributed by atoms with Crippen LogP contribution in [0.5, 0.6) is 5.75 Å². The highest BCUT2D eigenvalue weighted by Crippen LogP contribution is 2.40. The van der Waals surface area contributed by atoms with E-state index < -0.39 is 11.7 Å². The summed E-state index contributed by atoms with van der Waals surface area (Å²) in [5, 5.41) is 22.4. The fourth-order valence-corrected chi connectivity index (χ4v) is 4.69. The number of nitrogens with one attached hydrogen (secondary N) is 1. The van der Waals surface area contributed by atoms with Crippen molar-refractivity contribution in [1.29, 1.82) is 0 Å². The van der Waals surface area contributed by atoms with Gasteiger partial charge in [0.1, 0.15) is 17.5 Å². The summed E-state index contributed by atoms with van der Waals surface area (Å²) in [6.45, 7) is 1.94. The molecule has 2 fully saturated rings. The van der Waals surface area contributed by atoms with Crippen LogP contribution in [0.25, 0.3) is 22.4 Å². The van der Waals surface area contributed by atoms with Gasteiger partial charge in [-0.15, -0.1) is 10.2 Å². The molecule has 2 aromatic heterocycles. The molecular formula is C21H22FN5O3. The van der Waals surface area contributed by atoms with Crippen molar-refractivity contribution < 1.29 is 13.9 Å². The Morgan fingerprint density at radius 3 is 2.97 bits per heavy atom. The molecule has 9 heteroatoms. The van der Waals surface area contributed by atoms with Gasteiger partial charge in [-0.1, -0.05) is 0 Å². The van der Waals surface area contributed by atoms with Crippen molar-refractivity contribution in [3.05, 3.63) is 40.9 Å². The zero-order chi connectivity index (χ0) is 21.0. The van der Waals surface area contributed by atoms with Gasteiger partial charge in [0, 0.05) is 24.7 Å². The predicted octanol–water partition coefficient (Wildman–Crippen LogP) is 2.41. The second kappa shape index (κ2) is 6.73. The van der Waals surface area contributed by atoms with Crippen LogP contribution < -0.4 is 15.6 Å². The SMILES string of the molecule is CN(c1cnc(-c2cc3occc(=O)c3cc2O)nn1)[C@H]1CC2CC[C@@](C)(N2)[C@H]1F. The summed E-state index contributed by atoms with van der Waals surface area (Å²) in [6, 6.07) is 4.12.